The number of carbonyl (C=O) groups excluding carboxylic acids is 1. The average Bonchev–Trinajstić information content (AvgIpc) is 2.75. The maximum atomic E-state index is 12.4. The molecule has 0 unspecified atom stereocenters. The van der Waals surface area contributed by atoms with Crippen molar-refractivity contribution in [2.75, 3.05) is 25.5 Å². The molecule has 6 nitrogen and oxygen atoms in total. The Hall–Kier alpha value is -2.89. The molecule has 0 radical (unpaired) electrons. The molecule has 0 fully saturated rings. The van der Waals surface area contributed by atoms with Crippen molar-refractivity contribution in [3.63, 3.8) is 0 Å². The second-order valence-electron chi connectivity index (χ2n) is 6.89. The number of anilines is 1. The van der Waals surface area contributed by atoms with E-state index in [0.29, 0.717) is 24.6 Å². The van der Waals surface area contributed by atoms with E-state index in [0.717, 1.165) is 30.6 Å². The van der Waals surface area contributed by atoms with E-state index in [2.05, 4.69) is 26.7 Å². The van der Waals surface area contributed by atoms with Crippen molar-refractivity contribution in [3.05, 3.63) is 59.6 Å². The van der Waals surface area contributed by atoms with Crippen LogP contribution in [-0.4, -0.2) is 36.1 Å². The van der Waals surface area contributed by atoms with Crippen LogP contribution in [0.3, 0.4) is 0 Å². The molecule has 3 rings (SSSR count). The Morgan fingerprint density at radius 2 is 2.04 bits per heavy atom. The van der Waals surface area contributed by atoms with Gasteiger partial charge in [-0.3, -0.25) is 4.79 Å². The lowest BCUT2D eigenvalue weighted by Crippen LogP contribution is -2.26. The van der Waals surface area contributed by atoms with E-state index in [9.17, 15) is 4.79 Å². The summed E-state index contributed by atoms with van der Waals surface area (Å²) in [6.45, 7) is 1.33. The predicted molar refractivity (Wildman–Crippen MR) is 111 cm³/mol. The molecule has 2 N–H and O–H groups in total. The van der Waals surface area contributed by atoms with Gasteiger partial charge in [-0.15, -0.1) is 0 Å². The third kappa shape index (κ3) is 5.81. The van der Waals surface area contributed by atoms with E-state index in [1.807, 2.05) is 24.3 Å². The number of hydrogen-bond acceptors (Lipinski definition) is 5. The number of nitrogens with zero attached hydrogens (tertiary/aromatic N) is 2. The summed E-state index contributed by atoms with van der Waals surface area (Å²) >= 11 is 0. The average molecular weight is 380 g/mol. The molecule has 1 amide bonds. The Kier molecular flexibility index (Phi) is 7.41. The molecule has 0 aliphatic heterocycles. The van der Waals surface area contributed by atoms with E-state index in [4.69, 9.17) is 4.74 Å². The van der Waals surface area contributed by atoms with Crippen molar-refractivity contribution >= 4 is 11.7 Å². The van der Waals surface area contributed by atoms with Crippen LogP contribution in [0.25, 0.3) is 0 Å². The molecule has 1 aromatic carbocycles. The fourth-order valence-electron chi connectivity index (χ4n) is 3.37. The minimum atomic E-state index is -0.161. The molecule has 0 saturated carbocycles. The van der Waals surface area contributed by atoms with Crippen molar-refractivity contribution in [2.24, 2.45) is 0 Å². The summed E-state index contributed by atoms with van der Waals surface area (Å²) in [7, 11) is 1.67. The number of rotatable bonds is 9. The van der Waals surface area contributed by atoms with Crippen molar-refractivity contribution in [1.29, 1.82) is 0 Å². The number of amides is 1. The first-order valence-electron chi connectivity index (χ1n) is 9.90. The molecule has 0 spiro atoms. The molecule has 1 aromatic heterocycles. The van der Waals surface area contributed by atoms with Crippen LogP contribution in [0.1, 0.15) is 48.2 Å². The van der Waals surface area contributed by atoms with E-state index in [1.54, 1.807) is 13.2 Å². The van der Waals surface area contributed by atoms with Crippen molar-refractivity contribution in [1.82, 2.24) is 15.3 Å². The fourth-order valence-corrected chi connectivity index (χ4v) is 3.37. The highest BCUT2D eigenvalue weighted by molar-refractivity contribution is 5.92. The number of methoxy groups -OCH3 is 1. The second kappa shape index (κ2) is 10.4. The molecule has 0 bridgehead atoms. The topological polar surface area (TPSA) is 76.1 Å². The van der Waals surface area contributed by atoms with Crippen LogP contribution in [0.2, 0.25) is 0 Å². The number of ether oxygens (including phenoxy) is 1. The highest BCUT2D eigenvalue weighted by Crippen LogP contribution is 2.19. The molecule has 28 heavy (non-hydrogen) atoms. The molecule has 1 aliphatic carbocycles. The molecule has 1 heterocycles. The fraction of sp³-hybridized carbons (Fsp3) is 0.409. The monoisotopic (exact) mass is 380 g/mol. The number of para-hydroxylation sites is 1. The van der Waals surface area contributed by atoms with Gasteiger partial charge in [0.15, 0.2) is 0 Å². The summed E-state index contributed by atoms with van der Waals surface area (Å²) in [5.74, 6) is 1.36. The first kappa shape index (κ1) is 19.9. The summed E-state index contributed by atoms with van der Waals surface area (Å²) in [4.78, 5) is 20.7. The Morgan fingerprint density at radius 3 is 2.86 bits per heavy atom. The van der Waals surface area contributed by atoms with Gasteiger partial charge in [-0.1, -0.05) is 29.8 Å². The summed E-state index contributed by atoms with van der Waals surface area (Å²) in [5.41, 5.74) is 2.96. The lowest BCUT2D eigenvalue weighted by molar-refractivity contribution is 0.0949. The van der Waals surface area contributed by atoms with Crippen LogP contribution in [0, 0.1) is 0 Å². The van der Waals surface area contributed by atoms with Crippen LogP contribution in [0.4, 0.5) is 5.82 Å². The number of carbonyl (C=O) groups is 1. The maximum Gasteiger partial charge on any atom is 0.270 e. The Labute approximate surface area is 166 Å². The van der Waals surface area contributed by atoms with E-state index >= 15 is 0 Å². The van der Waals surface area contributed by atoms with E-state index < -0.39 is 0 Å². The lowest BCUT2D eigenvalue weighted by atomic mass is 9.97. The highest BCUT2D eigenvalue weighted by atomic mass is 16.5. The largest absolute Gasteiger partial charge is 0.496 e. The first-order valence-corrected chi connectivity index (χ1v) is 9.90. The summed E-state index contributed by atoms with van der Waals surface area (Å²) in [6, 6.07) is 9.63. The summed E-state index contributed by atoms with van der Waals surface area (Å²) in [5, 5.41) is 6.21. The van der Waals surface area contributed by atoms with Crippen LogP contribution in [0.5, 0.6) is 5.75 Å². The van der Waals surface area contributed by atoms with Gasteiger partial charge in [-0.05, 0) is 50.2 Å². The number of hydrogen-bond donors (Lipinski definition) is 2. The Morgan fingerprint density at radius 1 is 1.14 bits per heavy atom. The Balaban J connectivity index is 1.47. The van der Waals surface area contributed by atoms with Gasteiger partial charge in [0.1, 0.15) is 23.6 Å². The quantitative estimate of drug-likeness (QED) is 0.648. The SMILES string of the molecule is COc1ccccc1CCNc1cc(C(=O)NCCC2=CCCCC2)ncn1. The van der Waals surface area contributed by atoms with Crippen LogP contribution in [-0.2, 0) is 6.42 Å². The molecule has 0 atom stereocenters. The number of nitrogens with one attached hydrogen (secondary N) is 2. The molecule has 6 heteroatoms. The van der Waals surface area contributed by atoms with Crippen LogP contribution < -0.4 is 15.4 Å². The minimum Gasteiger partial charge on any atom is -0.496 e. The van der Waals surface area contributed by atoms with Gasteiger partial charge in [0.2, 0.25) is 0 Å². The summed E-state index contributed by atoms with van der Waals surface area (Å²) < 4.78 is 5.37. The Bertz CT molecular complexity index is 820. The molecular weight excluding hydrogens is 352 g/mol. The van der Waals surface area contributed by atoms with Gasteiger partial charge in [0.05, 0.1) is 7.11 Å². The molecule has 1 aliphatic rings. The van der Waals surface area contributed by atoms with Gasteiger partial charge >= 0.3 is 0 Å². The second-order valence-corrected chi connectivity index (χ2v) is 6.89. The van der Waals surface area contributed by atoms with Crippen molar-refractivity contribution in [2.45, 2.75) is 38.5 Å². The zero-order chi connectivity index (χ0) is 19.6. The number of benzene rings is 1. The number of allylic oxidation sites excluding steroid dienone is 1. The maximum absolute atomic E-state index is 12.4. The standard InChI is InChI=1S/C22H28N4O2/c1-28-20-10-6-5-9-18(20)12-14-23-21-15-19(25-16-26-21)22(27)24-13-11-17-7-3-2-4-8-17/h5-7,9-10,15-16H,2-4,8,11-14H2,1H3,(H,24,27)(H,23,25,26). The minimum absolute atomic E-state index is 0.161. The van der Waals surface area contributed by atoms with Gasteiger partial charge in [-0.2, -0.15) is 0 Å². The summed E-state index contributed by atoms with van der Waals surface area (Å²) in [6.07, 6.45) is 10.3. The third-order valence-electron chi connectivity index (χ3n) is 4.91. The van der Waals surface area contributed by atoms with Gasteiger partial charge in [0.25, 0.3) is 5.91 Å². The van der Waals surface area contributed by atoms with Crippen LogP contribution in [0.15, 0.2) is 48.3 Å². The van der Waals surface area contributed by atoms with E-state index in [-0.39, 0.29) is 5.91 Å². The van der Waals surface area contributed by atoms with Gasteiger partial charge < -0.3 is 15.4 Å². The van der Waals surface area contributed by atoms with Gasteiger partial charge in [-0.25, -0.2) is 9.97 Å². The molecular formula is C22H28N4O2. The van der Waals surface area contributed by atoms with Crippen molar-refractivity contribution < 1.29 is 9.53 Å². The van der Waals surface area contributed by atoms with E-state index in [1.165, 1.54) is 31.2 Å². The number of aromatic nitrogens is 2. The first-order chi connectivity index (χ1) is 13.8. The molecule has 148 valence electrons. The van der Waals surface area contributed by atoms with Crippen LogP contribution >= 0.6 is 0 Å². The van der Waals surface area contributed by atoms with Gasteiger partial charge in [0, 0.05) is 19.2 Å². The molecule has 0 saturated heterocycles. The zero-order valence-corrected chi connectivity index (χ0v) is 16.4. The smallest absolute Gasteiger partial charge is 0.270 e. The third-order valence-corrected chi connectivity index (χ3v) is 4.91. The highest BCUT2D eigenvalue weighted by Gasteiger charge is 2.10. The lowest BCUT2D eigenvalue weighted by Gasteiger charge is -2.13. The predicted octanol–water partition coefficient (Wildman–Crippen LogP) is 3.76. The normalized spacial score (nSPS) is 13.5. The van der Waals surface area contributed by atoms with Crippen molar-refractivity contribution in [3.8, 4) is 5.75 Å². The zero-order valence-electron chi connectivity index (χ0n) is 16.4. The molecule has 2 aromatic rings.